The van der Waals surface area contributed by atoms with Crippen LogP contribution in [0.1, 0.15) is 31.4 Å². The molecule has 0 radical (unpaired) electrons. The van der Waals surface area contributed by atoms with Crippen LogP contribution >= 0.6 is 0 Å². The van der Waals surface area contributed by atoms with E-state index < -0.39 is 10.0 Å². The molecule has 3 rings (SSSR count). The lowest BCUT2D eigenvalue weighted by molar-refractivity contribution is -0.123. The van der Waals surface area contributed by atoms with Gasteiger partial charge in [-0.25, -0.2) is 8.42 Å². The number of hydrogen-bond donors (Lipinski definition) is 1. The molecule has 0 aromatic heterocycles. The van der Waals surface area contributed by atoms with Crippen LogP contribution in [0.2, 0.25) is 0 Å². The molecule has 1 heterocycles. The Kier molecular flexibility index (Phi) is 7.40. The maximum atomic E-state index is 12.6. The summed E-state index contributed by atoms with van der Waals surface area (Å²) in [7, 11) is -0.345. The second-order valence-corrected chi connectivity index (χ2v) is 9.21. The molecule has 31 heavy (non-hydrogen) atoms. The summed E-state index contributed by atoms with van der Waals surface area (Å²) in [6.45, 7) is 2.78. The summed E-state index contributed by atoms with van der Waals surface area (Å²) in [5.41, 5.74) is 0.863. The predicted molar refractivity (Wildman–Crippen MR) is 116 cm³/mol. The van der Waals surface area contributed by atoms with Gasteiger partial charge in [-0.05, 0) is 61.7 Å². The molecule has 8 nitrogen and oxygen atoms in total. The lowest BCUT2D eigenvalue weighted by Gasteiger charge is -2.17. The lowest BCUT2D eigenvalue weighted by atomic mass is 10.1. The summed E-state index contributed by atoms with van der Waals surface area (Å²) in [5.74, 6) is 1.33. The van der Waals surface area contributed by atoms with Crippen molar-refractivity contribution in [2.24, 2.45) is 0 Å². The highest BCUT2D eigenvalue weighted by molar-refractivity contribution is 7.89. The number of methoxy groups -OCH3 is 2. The van der Waals surface area contributed by atoms with Crippen molar-refractivity contribution in [1.82, 2.24) is 9.62 Å². The van der Waals surface area contributed by atoms with E-state index in [1.807, 2.05) is 19.1 Å². The summed E-state index contributed by atoms with van der Waals surface area (Å²) in [6, 6.07) is 11.3. The number of benzene rings is 2. The van der Waals surface area contributed by atoms with Crippen LogP contribution in [-0.4, -0.2) is 52.5 Å². The van der Waals surface area contributed by atoms with E-state index in [1.165, 1.54) is 16.4 Å². The van der Waals surface area contributed by atoms with Gasteiger partial charge in [0.1, 0.15) is 5.75 Å². The Morgan fingerprint density at radius 3 is 2.29 bits per heavy atom. The zero-order chi connectivity index (χ0) is 22.4. The number of rotatable bonds is 9. The quantitative estimate of drug-likeness (QED) is 0.634. The van der Waals surface area contributed by atoms with Crippen LogP contribution in [0.25, 0.3) is 0 Å². The van der Waals surface area contributed by atoms with E-state index in [-0.39, 0.29) is 23.5 Å². The molecule has 0 bridgehead atoms. The van der Waals surface area contributed by atoms with Gasteiger partial charge in [-0.3, -0.25) is 4.79 Å². The molecular formula is C22H28N2O6S. The maximum Gasteiger partial charge on any atom is 0.258 e. The SMILES string of the molecule is COc1ccc([C@H](C)NC(=O)COc2ccc(S(=O)(=O)N3CCCC3)cc2)cc1OC. The average Bonchev–Trinajstić information content (AvgIpc) is 3.33. The molecule has 1 aliphatic heterocycles. The van der Waals surface area contributed by atoms with Crippen LogP contribution in [-0.2, 0) is 14.8 Å². The first kappa shape index (κ1) is 22.9. The third kappa shape index (κ3) is 5.48. The minimum atomic E-state index is -3.46. The monoisotopic (exact) mass is 448 g/mol. The van der Waals surface area contributed by atoms with Crippen molar-refractivity contribution in [2.75, 3.05) is 33.9 Å². The summed E-state index contributed by atoms with van der Waals surface area (Å²) < 4.78 is 42.6. The molecule has 0 spiro atoms. The van der Waals surface area contributed by atoms with Crippen molar-refractivity contribution >= 4 is 15.9 Å². The molecule has 0 unspecified atom stereocenters. The highest BCUT2D eigenvalue weighted by atomic mass is 32.2. The Hall–Kier alpha value is -2.78. The Bertz CT molecular complexity index is 1000. The Labute approximate surface area is 183 Å². The molecular weight excluding hydrogens is 420 g/mol. The maximum absolute atomic E-state index is 12.6. The van der Waals surface area contributed by atoms with Gasteiger partial charge in [0.15, 0.2) is 18.1 Å². The first-order valence-electron chi connectivity index (χ1n) is 10.1. The van der Waals surface area contributed by atoms with E-state index in [9.17, 15) is 13.2 Å². The van der Waals surface area contributed by atoms with Gasteiger partial charge >= 0.3 is 0 Å². The molecule has 1 saturated heterocycles. The van der Waals surface area contributed by atoms with E-state index in [0.717, 1.165) is 18.4 Å². The molecule has 2 aromatic rings. The molecule has 1 fully saturated rings. The molecule has 168 valence electrons. The second-order valence-electron chi connectivity index (χ2n) is 7.27. The van der Waals surface area contributed by atoms with Crippen molar-refractivity contribution in [2.45, 2.75) is 30.7 Å². The molecule has 9 heteroatoms. The average molecular weight is 449 g/mol. The summed E-state index contributed by atoms with van der Waals surface area (Å²) >= 11 is 0. The van der Waals surface area contributed by atoms with Crippen molar-refractivity contribution in [1.29, 1.82) is 0 Å². The van der Waals surface area contributed by atoms with Gasteiger partial charge in [-0.1, -0.05) is 6.07 Å². The fourth-order valence-corrected chi connectivity index (χ4v) is 4.94. The van der Waals surface area contributed by atoms with Crippen molar-refractivity contribution in [3.05, 3.63) is 48.0 Å². The van der Waals surface area contributed by atoms with Gasteiger partial charge < -0.3 is 19.5 Å². The zero-order valence-corrected chi connectivity index (χ0v) is 18.8. The molecule has 1 aliphatic rings. The number of carbonyl (C=O) groups excluding carboxylic acids is 1. The van der Waals surface area contributed by atoms with Gasteiger partial charge in [0.2, 0.25) is 10.0 Å². The van der Waals surface area contributed by atoms with E-state index >= 15 is 0 Å². The third-order valence-corrected chi connectivity index (χ3v) is 7.09. The van der Waals surface area contributed by atoms with Gasteiger partial charge in [0.25, 0.3) is 5.91 Å². The van der Waals surface area contributed by atoms with Crippen LogP contribution in [0.3, 0.4) is 0 Å². The smallest absolute Gasteiger partial charge is 0.258 e. The lowest BCUT2D eigenvalue weighted by Crippen LogP contribution is -2.31. The number of hydrogen-bond acceptors (Lipinski definition) is 6. The highest BCUT2D eigenvalue weighted by Gasteiger charge is 2.27. The number of carbonyl (C=O) groups is 1. The molecule has 2 aromatic carbocycles. The van der Waals surface area contributed by atoms with E-state index in [0.29, 0.717) is 30.3 Å². The number of sulfonamides is 1. The fraction of sp³-hybridized carbons (Fsp3) is 0.409. The molecule has 1 atom stereocenters. The number of nitrogens with one attached hydrogen (secondary N) is 1. The largest absolute Gasteiger partial charge is 0.493 e. The van der Waals surface area contributed by atoms with Crippen LogP contribution < -0.4 is 19.5 Å². The Morgan fingerprint density at radius 2 is 1.68 bits per heavy atom. The van der Waals surface area contributed by atoms with Gasteiger partial charge in [0, 0.05) is 13.1 Å². The van der Waals surface area contributed by atoms with Gasteiger partial charge in [0.05, 0.1) is 25.2 Å². The first-order chi connectivity index (χ1) is 14.8. The van der Waals surface area contributed by atoms with Crippen LogP contribution in [0.15, 0.2) is 47.4 Å². The standard InChI is InChI=1S/C22H28N2O6S/c1-16(17-6-11-20(28-2)21(14-17)29-3)23-22(25)15-30-18-7-9-19(10-8-18)31(26,27)24-12-4-5-13-24/h6-11,14,16H,4-5,12-13,15H2,1-3H3,(H,23,25)/t16-/m0/s1. The molecule has 0 aliphatic carbocycles. The number of ether oxygens (including phenoxy) is 3. The molecule has 1 N–H and O–H groups in total. The van der Waals surface area contributed by atoms with Crippen molar-refractivity contribution in [3.63, 3.8) is 0 Å². The van der Waals surface area contributed by atoms with E-state index in [1.54, 1.807) is 32.4 Å². The summed E-state index contributed by atoms with van der Waals surface area (Å²) in [6.07, 6.45) is 1.77. The number of nitrogens with zero attached hydrogens (tertiary/aromatic N) is 1. The predicted octanol–water partition coefficient (Wildman–Crippen LogP) is 2.74. The van der Waals surface area contributed by atoms with Gasteiger partial charge in [-0.15, -0.1) is 0 Å². The van der Waals surface area contributed by atoms with Crippen LogP contribution in [0, 0.1) is 0 Å². The molecule has 0 saturated carbocycles. The summed E-state index contributed by atoms with van der Waals surface area (Å²) in [5, 5.41) is 2.87. The third-order valence-electron chi connectivity index (χ3n) is 5.18. The van der Waals surface area contributed by atoms with E-state index in [2.05, 4.69) is 5.32 Å². The first-order valence-corrected chi connectivity index (χ1v) is 11.5. The topological polar surface area (TPSA) is 94.2 Å². The highest BCUT2D eigenvalue weighted by Crippen LogP contribution is 2.30. The Balaban J connectivity index is 1.54. The second kappa shape index (κ2) is 10.0. The molecule has 1 amide bonds. The minimum Gasteiger partial charge on any atom is -0.493 e. The zero-order valence-electron chi connectivity index (χ0n) is 18.0. The van der Waals surface area contributed by atoms with E-state index in [4.69, 9.17) is 14.2 Å². The fourth-order valence-electron chi connectivity index (χ4n) is 3.42. The van der Waals surface area contributed by atoms with Crippen LogP contribution in [0.4, 0.5) is 0 Å². The Morgan fingerprint density at radius 1 is 1.03 bits per heavy atom. The van der Waals surface area contributed by atoms with Crippen molar-refractivity contribution in [3.8, 4) is 17.2 Å². The normalized spacial score (nSPS) is 15.3. The number of amides is 1. The van der Waals surface area contributed by atoms with Crippen LogP contribution in [0.5, 0.6) is 17.2 Å². The minimum absolute atomic E-state index is 0.185. The van der Waals surface area contributed by atoms with Crippen molar-refractivity contribution < 1.29 is 27.4 Å². The van der Waals surface area contributed by atoms with Gasteiger partial charge in [-0.2, -0.15) is 4.31 Å². The summed E-state index contributed by atoms with van der Waals surface area (Å²) in [4.78, 5) is 12.5.